The first-order valence-electron chi connectivity index (χ1n) is 6.89. The molecule has 1 aliphatic rings. The molecule has 1 unspecified atom stereocenters. The van der Waals surface area contributed by atoms with E-state index >= 15 is 0 Å². The Morgan fingerprint density at radius 2 is 1.96 bits per heavy atom. The predicted molar refractivity (Wildman–Crippen MR) is 79.4 cm³/mol. The molecule has 1 atom stereocenters. The summed E-state index contributed by atoms with van der Waals surface area (Å²) >= 11 is 0. The van der Waals surface area contributed by atoms with E-state index in [0.29, 0.717) is 6.07 Å². The van der Waals surface area contributed by atoms with Gasteiger partial charge in [-0.25, -0.2) is 9.84 Å². The van der Waals surface area contributed by atoms with Crippen LogP contribution in [-0.2, 0) is 6.18 Å². The van der Waals surface area contributed by atoms with Crippen molar-refractivity contribution in [2.24, 2.45) is 10.1 Å². The Hall–Kier alpha value is -2.81. The lowest BCUT2D eigenvalue weighted by atomic mass is 9.95. The maximum absolute atomic E-state index is 13.0. The fourth-order valence-corrected chi connectivity index (χ4v) is 2.22. The molecule has 0 aliphatic carbocycles. The molecule has 1 aliphatic heterocycles. The molecule has 2 rings (SSSR count). The average Bonchev–Trinajstić information content (AvgIpc) is 2.95. The third kappa shape index (κ3) is 3.88. The number of amidine groups is 1. The first-order chi connectivity index (χ1) is 11.9. The summed E-state index contributed by atoms with van der Waals surface area (Å²) in [5.74, 6) is -0.468. The zero-order valence-electron chi connectivity index (χ0n) is 13.0. The van der Waals surface area contributed by atoms with Crippen LogP contribution in [0.2, 0.25) is 0 Å². The van der Waals surface area contributed by atoms with E-state index < -0.39 is 47.1 Å². The van der Waals surface area contributed by atoms with Crippen molar-refractivity contribution in [1.82, 2.24) is 10.9 Å². The monoisotopic (exact) mass is 379 g/mol. The number of alkyl halides is 6. The first kappa shape index (κ1) is 19.5. The fourth-order valence-electron chi connectivity index (χ4n) is 2.22. The van der Waals surface area contributed by atoms with Gasteiger partial charge in [-0.2, -0.15) is 31.4 Å². The van der Waals surface area contributed by atoms with E-state index in [-0.39, 0.29) is 5.69 Å². The number of nitrogens with one attached hydrogen (secondary N) is 2. The third-order valence-corrected chi connectivity index (χ3v) is 3.56. The number of hydroxylamine groups is 1. The highest BCUT2D eigenvalue weighted by molar-refractivity contribution is 6.02. The molecular formula is C14H11F6N5O. The highest BCUT2D eigenvalue weighted by Crippen LogP contribution is 2.39. The summed E-state index contributed by atoms with van der Waals surface area (Å²) < 4.78 is 77.1. The molecule has 0 saturated carbocycles. The van der Waals surface area contributed by atoms with Crippen molar-refractivity contribution in [3.8, 4) is 0 Å². The van der Waals surface area contributed by atoms with Crippen LogP contribution in [0.3, 0.4) is 0 Å². The van der Waals surface area contributed by atoms with Gasteiger partial charge in [-0.05, 0) is 19.1 Å². The van der Waals surface area contributed by atoms with Gasteiger partial charge in [-0.15, -0.1) is 0 Å². The lowest BCUT2D eigenvalue weighted by molar-refractivity contribution is -0.136. The van der Waals surface area contributed by atoms with Crippen LogP contribution < -0.4 is 10.9 Å². The van der Waals surface area contributed by atoms with Crippen molar-refractivity contribution >= 4 is 22.9 Å². The molecule has 26 heavy (non-hydrogen) atoms. The van der Waals surface area contributed by atoms with Gasteiger partial charge in [-0.3, -0.25) is 16.1 Å². The van der Waals surface area contributed by atoms with E-state index in [1.807, 2.05) is 0 Å². The van der Waals surface area contributed by atoms with Gasteiger partial charge >= 0.3 is 12.4 Å². The molecule has 0 spiro atoms. The molecule has 0 bridgehead atoms. The average molecular weight is 379 g/mol. The topological polar surface area (TPSA) is 73.4 Å². The minimum Gasteiger partial charge on any atom is -0.296 e. The zero-order valence-corrected chi connectivity index (χ0v) is 13.0. The molecule has 0 fully saturated rings. The van der Waals surface area contributed by atoms with Crippen molar-refractivity contribution in [3.63, 3.8) is 0 Å². The van der Waals surface area contributed by atoms with E-state index in [1.54, 1.807) is 5.48 Å². The lowest BCUT2D eigenvalue weighted by Crippen LogP contribution is -2.50. The second-order valence-corrected chi connectivity index (χ2v) is 5.56. The number of hydrazone groups is 1. The van der Waals surface area contributed by atoms with Crippen LogP contribution in [0.25, 0.3) is 4.85 Å². The van der Waals surface area contributed by atoms with Gasteiger partial charge in [-0.1, -0.05) is 6.07 Å². The van der Waals surface area contributed by atoms with E-state index in [0.717, 1.165) is 12.1 Å². The van der Waals surface area contributed by atoms with Crippen molar-refractivity contribution in [3.05, 3.63) is 35.2 Å². The maximum atomic E-state index is 13.0. The summed E-state index contributed by atoms with van der Waals surface area (Å²) in [6, 6.07) is 2.52. The molecule has 12 heteroatoms. The van der Waals surface area contributed by atoms with E-state index in [2.05, 4.69) is 20.4 Å². The summed E-state index contributed by atoms with van der Waals surface area (Å²) in [7, 11) is 0. The molecule has 1 aromatic rings. The Kier molecular flexibility index (Phi) is 4.87. The molecule has 3 N–H and O–H groups in total. The minimum absolute atomic E-state index is 0.315. The normalized spacial score (nSPS) is 21.0. The molecule has 1 aromatic carbocycles. The molecule has 140 valence electrons. The number of nitrogens with zero attached hydrogens (tertiary/aromatic N) is 3. The van der Waals surface area contributed by atoms with Gasteiger partial charge in [0, 0.05) is 6.42 Å². The number of halogens is 6. The van der Waals surface area contributed by atoms with Gasteiger partial charge < -0.3 is 0 Å². The van der Waals surface area contributed by atoms with Crippen LogP contribution >= 0.6 is 0 Å². The summed E-state index contributed by atoms with van der Waals surface area (Å²) in [6.45, 7) is 8.00. The van der Waals surface area contributed by atoms with Crippen LogP contribution in [0, 0.1) is 6.57 Å². The fraction of sp³-hybridized carbons (Fsp3) is 0.357. The molecule has 0 radical (unpaired) electrons. The number of aliphatic imine (C=N–C) groups is 1. The van der Waals surface area contributed by atoms with Crippen LogP contribution in [-0.4, -0.2) is 28.5 Å². The number of hydrogen-bond acceptors (Lipinski definition) is 4. The Morgan fingerprint density at radius 3 is 2.42 bits per heavy atom. The largest absolute Gasteiger partial charge is 0.431 e. The summed E-state index contributed by atoms with van der Waals surface area (Å²) in [4.78, 5) is 6.51. The standard InChI is InChI=1S/C14H11F6N5O/c1-12(6-10(23-25-12)14(18,19)20)11(24-26)22-7-3-4-9(21-2)8(5-7)13(15,16)17/h3-5,25-26H,6H2,1H3,(H,22,24). The van der Waals surface area contributed by atoms with E-state index in [1.165, 1.54) is 6.92 Å². The van der Waals surface area contributed by atoms with Crippen LogP contribution in [0.15, 0.2) is 28.3 Å². The second-order valence-electron chi connectivity index (χ2n) is 5.56. The predicted octanol–water partition coefficient (Wildman–Crippen LogP) is 3.94. The SMILES string of the molecule is [C-]#[N+]c1ccc(/N=C(\NO)C2(C)CC(C(F)(F)F)=NN2)cc1C(F)(F)F. The quantitative estimate of drug-likeness (QED) is 0.240. The minimum atomic E-state index is -4.82. The highest BCUT2D eigenvalue weighted by atomic mass is 19.4. The molecule has 1 heterocycles. The number of hydrogen-bond donors (Lipinski definition) is 3. The molecule has 0 saturated heterocycles. The Labute approximate surface area is 143 Å². The summed E-state index contributed by atoms with van der Waals surface area (Å²) in [5.41, 5.74) is -1.21. The van der Waals surface area contributed by atoms with Crippen molar-refractivity contribution in [2.75, 3.05) is 0 Å². The molecule has 6 nitrogen and oxygen atoms in total. The molecule has 0 aromatic heterocycles. The summed E-state index contributed by atoms with van der Waals surface area (Å²) in [5, 5.41) is 12.4. The van der Waals surface area contributed by atoms with Crippen LogP contribution in [0.4, 0.5) is 37.7 Å². The van der Waals surface area contributed by atoms with E-state index in [9.17, 15) is 31.5 Å². The van der Waals surface area contributed by atoms with Crippen LogP contribution in [0.5, 0.6) is 0 Å². The molecule has 0 amide bonds. The zero-order chi connectivity index (χ0) is 19.8. The second kappa shape index (κ2) is 6.49. The van der Waals surface area contributed by atoms with Gasteiger partial charge in [0.05, 0.1) is 17.8 Å². The Morgan fingerprint density at radius 1 is 1.31 bits per heavy atom. The van der Waals surface area contributed by atoms with Gasteiger partial charge in [0.1, 0.15) is 11.3 Å². The lowest BCUT2D eigenvalue weighted by Gasteiger charge is -2.25. The van der Waals surface area contributed by atoms with Crippen molar-refractivity contribution in [1.29, 1.82) is 0 Å². The first-order valence-corrected chi connectivity index (χ1v) is 6.89. The van der Waals surface area contributed by atoms with Crippen molar-refractivity contribution in [2.45, 2.75) is 31.2 Å². The Balaban J connectivity index is 2.40. The van der Waals surface area contributed by atoms with E-state index in [4.69, 9.17) is 6.57 Å². The van der Waals surface area contributed by atoms with Gasteiger partial charge in [0.25, 0.3) is 0 Å². The van der Waals surface area contributed by atoms with Gasteiger partial charge in [0.15, 0.2) is 11.5 Å². The smallest absolute Gasteiger partial charge is 0.296 e. The van der Waals surface area contributed by atoms with Crippen molar-refractivity contribution < 1.29 is 31.5 Å². The highest BCUT2D eigenvalue weighted by Gasteiger charge is 2.47. The Bertz CT molecular complexity index is 808. The van der Waals surface area contributed by atoms with Crippen LogP contribution in [0.1, 0.15) is 18.9 Å². The summed E-state index contributed by atoms with van der Waals surface area (Å²) in [6.07, 6.45) is -10.2. The third-order valence-electron chi connectivity index (χ3n) is 3.56. The molecular weight excluding hydrogens is 368 g/mol. The maximum Gasteiger partial charge on any atom is 0.431 e. The number of rotatable bonds is 2. The number of benzene rings is 1. The van der Waals surface area contributed by atoms with Gasteiger partial charge in [0.2, 0.25) is 0 Å².